The van der Waals surface area contributed by atoms with Crippen molar-refractivity contribution in [2.45, 2.75) is 96.6 Å². The maximum atomic E-state index is 15.4. The molecule has 0 unspecified atom stereocenters. The topological polar surface area (TPSA) is 146 Å². The molecule has 5 heterocycles. The Morgan fingerprint density at radius 3 is 2.30 bits per heavy atom. The molecule has 0 radical (unpaired) electrons. The summed E-state index contributed by atoms with van der Waals surface area (Å²) in [6.45, 7) is 12.5. The molecule has 0 bridgehead atoms. The molecule has 56 heavy (non-hydrogen) atoms. The molecule has 3 fully saturated rings. The molecule has 3 aliphatic rings. The van der Waals surface area contributed by atoms with Crippen LogP contribution >= 0.6 is 0 Å². The number of hydrogen-bond donors (Lipinski definition) is 3. The van der Waals surface area contributed by atoms with Gasteiger partial charge in [-0.05, 0) is 67.5 Å². The molecule has 13 heteroatoms. The largest absolute Gasteiger partial charge is 0.453 e. The van der Waals surface area contributed by atoms with Gasteiger partial charge in [-0.25, -0.2) is 19.2 Å². The van der Waals surface area contributed by atoms with E-state index in [2.05, 4.69) is 46.0 Å². The van der Waals surface area contributed by atoms with Crippen molar-refractivity contribution in [3.63, 3.8) is 0 Å². The normalized spacial score (nSPS) is 24.5. The molecule has 7 rings (SSSR count). The third-order valence-corrected chi connectivity index (χ3v) is 11.7. The lowest BCUT2D eigenvalue weighted by Gasteiger charge is -2.29. The average molecular weight is 766 g/mol. The fourth-order valence-electron chi connectivity index (χ4n) is 8.20. The minimum Gasteiger partial charge on any atom is -0.453 e. The summed E-state index contributed by atoms with van der Waals surface area (Å²) in [6.07, 6.45) is 3.72. The van der Waals surface area contributed by atoms with Crippen LogP contribution < -0.4 is 5.32 Å². The first-order valence-electron chi connectivity index (χ1n) is 19.6. The highest BCUT2D eigenvalue weighted by Crippen LogP contribution is 2.45. The minimum atomic E-state index is -1.62. The molecule has 2 aromatic heterocycles. The van der Waals surface area contributed by atoms with Crippen molar-refractivity contribution in [2.24, 2.45) is 17.8 Å². The zero-order chi connectivity index (χ0) is 39.9. The first-order chi connectivity index (χ1) is 26.7. The fraction of sp³-hybridized carbons (Fsp3) is 0.512. The van der Waals surface area contributed by atoms with Crippen molar-refractivity contribution in [1.82, 2.24) is 35.1 Å². The maximum Gasteiger partial charge on any atom is 0.407 e. The number of aromatic nitrogens is 4. The van der Waals surface area contributed by atoms with E-state index in [1.165, 1.54) is 18.9 Å². The van der Waals surface area contributed by atoms with E-state index >= 15 is 4.39 Å². The lowest BCUT2D eigenvalue weighted by molar-refractivity contribution is -0.138. The van der Waals surface area contributed by atoms with Crippen LogP contribution in [0.25, 0.3) is 22.3 Å². The van der Waals surface area contributed by atoms with E-state index in [9.17, 15) is 14.4 Å². The van der Waals surface area contributed by atoms with Crippen LogP contribution in [-0.2, 0) is 19.1 Å². The monoisotopic (exact) mass is 765 g/mol. The van der Waals surface area contributed by atoms with Crippen molar-refractivity contribution < 1.29 is 28.2 Å². The highest BCUT2D eigenvalue weighted by Gasteiger charge is 2.51. The van der Waals surface area contributed by atoms with Gasteiger partial charge in [0, 0.05) is 36.5 Å². The van der Waals surface area contributed by atoms with E-state index in [0.29, 0.717) is 12.4 Å². The summed E-state index contributed by atoms with van der Waals surface area (Å²) < 4.78 is 26.4. The highest BCUT2D eigenvalue weighted by molar-refractivity contribution is 5.86. The van der Waals surface area contributed by atoms with E-state index in [4.69, 9.17) is 14.5 Å². The quantitative estimate of drug-likeness (QED) is 0.167. The number of H-pyrrole nitrogens is 2. The standard InChI is InChI=1S/C43H52FN7O5/c1-25(2)27(5)39(52)51-24-43(17-8-18-56-43)21-35(51)38-46-31-16-13-29(19-32(31)47-38)10-9-28-11-14-30(15-12-28)33-22-45-37(48-33)34-20-42(6,44)23-50(34)40(53)36(26(3)4)49-41(54)55-7/h11-16,19,22,25-27,34-36H,8,17-18,20-21,23-24H2,1-7H3,(H,45,48)(H,46,47)(H,49,54)/t27-,34-,35-,36-,42-,43-/m0/s1. The van der Waals surface area contributed by atoms with Crippen LogP contribution in [0.15, 0.2) is 48.7 Å². The van der Waals surface area contributed by atoms with E-state index in [-0.39, 0.29) is 54.2 Å². The lowest BCUT2D eigenvalue weighted by atomic mass is 9.96. The number of imidazole rings is 2. The Hall–Kier alpha value is -5.22. The van der Waals surface area contributed by atoms with Crippen molar-refractivity contribution in [3.05, 3.63) is 71.4 Å². The highest BCUT2D eigenvalue weighted by atomic mass is 19.1. The molecule has 3 N–H and O–H groups in total. The number of carbonyl (C=O) groups excluding carboxylic acids is 3. The molecule has 12 nitrogen and oxygen atoms in total. The van der Waals surface area contributed by atoms with Gasteiger partial charge in [-0.1, -0.05) is 58.6 Å². The predicted octanol–water partition coefficient (Wildman–Crippen LogP) is 6.85. The van der Waals surface area contributed by atoms with Gasteiger partial charge in [0.1, 0.15) is 23.4 Å². The van der Waals surface area contributed by atoms with Crippen molar-refractivity contribution in [1.29, 1.82) is 0 Å². The number of alkyl halides is 1. The van der Waals surface area contributed by atoms with Crippen molar-refractivity contribution in [2.75, 3.05) is 26.8 Å². The van der Waals surface area contributed by atoms with E-state index in [1.807, 2.05) is 68.1 Å². The summed E-state index contributed by atoms with van der Waals surface area (Å²) in [5.74, 6) is 7.43. The number of halogens is 1. The summed E-state index contributed by atoms with van der Waals surface area (Å²) in [4.78, 5) is 59.0. The minimum absolute atomic E-state index is 0.0703. The number of benzene rings is 2. The second kappa shape index (κ2) is 15.4. The number of methoxy groups -OCH3 is 1. The first-order valence-corrected chi connectivity index (χ1v) is 19.6. The Kier molecular flexibility index (Phi) is 10.7. The van der Waals surface area contributed by atoms with Crippen LogP contribution in [0.2, 0.25) is 0 Å². The smallest absolute Gasteiger partial charge is 0.407 e. The van der Waals surface area contributed by atoms with Gasteiger partial charge < -0.3 is 34.6 Å². The predicted molar refractivity (Wildman–Crippen MR) is 210 cm³/mol. The van der Waals surface area contributed by atoms with Gasteiger partial charge >= 0.3 is 6.09 Å². The Bertz CT molecular complexity index is 2160. The third-order valence-electron chi connectivity index (χ3n) is 11.7. The average Bonchev–Trinajstić information content (AvgIpc) is 4.02. The Balaban J connectivity index is 1.05. The molecule has 0 aliphatic carbocycles. The van der Waals surface area contributed by atoms with Gasteiger partial charge in [-0.15, -0.1) is 0 Å². The summed E-state index contributed by atoms with van der Waals surface area (Å²) in [7, 11) is 1.24. The van der Waals surface area contributed by atoms with Gasteiger partial charge in [0.2, 0.25) is 11.8 Å². The van der Waals surface area contributed by atoms with Crippen LogP contribution in [0.1, 0.15) is 102 Å². The zero-order valence-electron chi connectivity index (χ0n) is 33.2. The number of fused-ring (bicyclic) bond motifs is 1. The number of nitrogens with one attached hydrogen (secondary N) is 3. The lowest BCUT2D eigenvalue weighted by Crippen LogP contribution is -2.51. The molecular formula is C43H52FN7O5. The third kappa shape index (κ3) is 7.89. The Morgan fingerprint density at radius 1 is 0.929 bits per heavy atom. The van der Waals surface area contributed by atoms with Gasteiger partial charge in [0.25, 0.3) is 0 Å². The molecule has 4 aromatic rings. The summed E-state index contributed by atoms with van der Waals surface area (Å²) >= 11 is 0. The molecule has 2 aromatic carbocycles. The Labute approximate surface area is 327 Å². The first kappa shape index (κ1) is 39.0. The molecule has 6 atom stereocenters. The molecule has 3 saturated heterocycles. The number of nitrogens with zero attached hydrogens (tertiary/aromatic N) is 4. The van der Waals surface area contributed by atoms with E-state index < -0.39 is 23.8 Å². The summed E-state index contributed by atoms with van der Waals surface area (Å²) in [5.41, 5.74) is 2.99. The van der Waals surface area contributed by atoms with Crippen LogP contribution in [0.4, 0.5) is 9.18 Å². The van der Waals surface area contributed by atoms with E-state index in [1.54, 1.807) is 6.20 Å². The number of amides is 3. The molecule has 3 aliphatic heterocycles. The van der Waals surface area contributed by atoms with Crippen LogP contribution in [0.3, 0.4) is 0 Å². The molecule has 1 spiro atoms. The Morgan fingerprint density at radius 2 is 1.62 bits per heavy atom. The van der Waals surface area contributed by atoms with Gasteiger partial charge in [0.15, 0.2) is 0 Å². The molecule has 296 valence electrons. The number of alkyl carbamates (subject to hydrolysis) is 1. The zero-order valence-corrected chi connectivity index (χ0v) is 33.2. The molecule has 0 saturated carbocycles. The number of aromatic amines is 2. The summed E-state index contributed by atoms with van der Waals surface area (Å²) in [5, 5.41) is 2.60. The number of hydrogen-bond acceptors (Lipinski definition) is 7. The van der Waals surface area contributed by atoms with Crippen molar-refractivity contribution >= 4 is 28.9 Å². The number of likely N-dealkylation sites (tertiary alicyclic amines) is 2. The number of carbonyl (C=O) groups is 3. The molecule has 3 amide bonds. The van der Waals surface area contributed by atoms with Crippen molar-refractivity contribution in [3.8, 4) is 23.1 Å². The maximum absolute atomic E-state index is 15.4. The summed E-state index contributed by atoms with van der Waals surface area (Å²) in [6, 6.07) is 11.9. The van der Waals surface area contributed by atoms with Crippen LogP contribution in [0.5, 0.6) is 0 Å². The van der Waals surface area contributed by atoms with Crippen LogP contribution in [-0.4, -0.2) is 91.8 Å². The van der Waals surface area contributed by atoms with Gasteiger partial charge in [-0.2, -0.15) is 0 Å². The second-order valence-corrected chi connectivity index (χ2v) is 16.7. The van der Waals surface area contributed by atoms with Gasteiger partial charge in [-0.3, -0.25) is 9.59 Å². The SMILES string of the molecule is COC(=O)N[C@H](C(=O)N1C[C@@](C)(F)C[C@H]1c1ncc(-c2ccc(C#Cc3ccc4nc([C@@H]5C[C@@]6(CCCO6)CN5C(=O)[C@@H](C)C(C)C)[nH]c4c3)cc2)[nH]1)C(C)C. The van der Waals surface area contributed by atoms with E-state index in [0.717, 1.165) is 65.1 Å². The fourth-order valence-corrected chi connectivity index (χ4v) is 8.20. The molecular weight excluding hydrogens is 714 g/mol. The second-order valence-electron chi connectivity index (χ2n) is 16.7. The number of rotatable bonds is 8. The van der Waals surface area contributed by atoms with Gasteiger partial charge in [0.05, 0.1) is 60.8 Å². The number of ether oxygens (including phenoxy) is 2. The van der Waals surface area contributed by atoms with Crippen LogP contribution in [0, 0.1) is 29.6 Å².